The molecular formula is C7H9F3N2O. The average Bonchev–Trinajstić information content (AvgIpc) is 2.52. The number of aromatic amines is 1. The SMILES string of the molecule is NCC(O)(c1cc[nH]c1)C(F)(F)F. The third-order valence-corrected chi connectivity index (χ3v) is 1.84. The number of halogens is 3. The van der Waals surface area contributed by atoms with E-state index in [4.69, 9.17) is 5.73 Å². The van der Waals surface area contributed by atoms with Crippen LogP contribution in [-0.2, 0) is 5.60 Å². The van der Waals surface area contributed by atoms with E-state index in [-0.39, 0.29) is 5.56 Å². The lowest BCUT2D eigenvalue weighted by Crippen LogP contribution is -2.48. The van der Waals surface area contributed by atoms with E-state index in [1.807, 2.05) is 0 Å². The summed E-state index contributed by atoms with van der Waals surface area (Å²) in [6.07, 6.45) is -2.40. The summed E-state index contributed by atoms with van der Waals surface area (Å²) in [5, 5.41) is 9.25. The molecule has 1 aromatic heterocycles. The lowest BCUT2D eigenvalue weighted by atomic mass is 9.96. The van der Waals surface area contributed by atoms with Crippen LogP contribution in [-0.4, -0.2) is 22.8 Å². The van der Waals surface area contributed by atoms with E-state index in [0.717, 1.165) is 12.3 Å². The number of nitrogens with two attached hydrogens (primary N) is 1. The number of rotatable bonds is 2. The molecule has 0 fully saturated rings. The zero-order valence-corrected chi connectivity index (χ0v) is 6.60. The number of aromatic nitrogens is 1. The fourth-order valence-corrected chi connectivity index (χ4v) is 0.978. The van der Waals surface area contributed by atoms with E-state index >= 15 is 0 Å². The van der Waals surface area contributed by atoms with Crippen molar-refractivity contribution in [3.8, 4) is 0 Å². The molecule has 0 saturated heterocycles. The molecule has 0 bridgehead atoms. The summed E-state index contributed by atoms with van der Waals surface area (Å²) >= 11 is 0. The zero-order valence-electron chi connectivity index (χ0n) is 6.60. The molecule has 1 heterocycles. The van der Waals surface area contributed by atoms with Crippen LogP contribution in [0.4, 0.5) is 13.2 Å². The molecule has 1 rings (SSSR count). The van der Waals surface area contributed by atoms with Crippen LogP contribution in [0.25, 0.3) is 0 Å². The predicted octanol–water partition coefficient (Wildman–Crippen LogP) is 0.723. The number of hydrogen-bond acceptors (Lipinski definition) is 2. The van der Waals surface area contributed by atoms with Gasteiger partial charge in [0.25, 0.3) is 0 Å². The van der Waals surface area contributed by atoms with Gasteiger partial charge < -0.3 is 15.8 Å². The molecule has 74 valence electrons. The van der Waals surface area contributed by atoms with Crippen molar-refractivity contribution in [2.24, 2.45) is 5.73 Å². The molecule has 1 aromatic rings. The van der Waals surface area contributed by atoms with E-state index in [2.05, 4.69) is 4.98 Å². The van der Waals surface area contributed by atoms with Crippen LogP contribution in [0.1, 0.15) is 5.56 Å². The predicted molar refractivity (Wildman–Crippen MR) is 39.8 cm³/mol. The van der Waals surface area contributed by atoms with Crippen LogP contribution in [0.5, 0.6) is 0 Å². The Morgan fingerprint density at radius 3 is 2.38 bits per heavy atom. The number of aliphatic hydroxyl groups is 1. The van der Waals surface area contributed by atoms with Crippen LogP contribution in [0.2, 0.25) is 0 Å². The quantitative estimate of drug-likeness (QED) is 0.649. The van der Waals surface area contributed by atoms with Crippen molar-refractivity contribution >= 4 is 0 Å². The summed E-state index contributed by atoms with van der Waals surface area (Å²) in [5.41, 5.74) is 1.67. The van der Waals surface area contributed by atoms with Gasteiger partial charge in [0.1, 0.15) is 0 Å². The van der Waals surface area contributed by atoms with Crippen molar-refractivity contribution in [2.75, 3.05) is 6.54 Å². The van der Waals surface area contributed by atoms with Gasteiger partial charge in [0.2, 0.25) is 0 Å². The Morgan fingerprint density at radius 2 is 2.08 bits per heavy atom. The molecule has 1 unspecified atom stereocenters. The first-order chi connectivity index (χ1) is 5.92. The van der Waals surface area contributed by atoms with Crippen molar-refractivity contribution in [3.05, 3.63) is 24.0 Å². The minimum absolute atomic E-state index is 0.275. The Hall–Kier alpha value is -1.01. The highest BCUT2D eigenvalue weighted by Gasteiger charge is 2.54. The number of alkyl halides is 3. The lowest BCUT2D eigenvalue weighted by molar-refractivity contribution is -0.262. The van der Waals surface area contributed by atoms with Crippen LogP contribution < -0.4 is 5.73 Å². The maximum absolute atomic E-state index is 12.3. The first kappa shape index (κ1) is 10.1. The fourth-order valence-electron chi connectivity index (χ4n) is 0.978. The molecule has 0 amide bonds. The van der Waals surface area contributed by atoms with Gasteiger partial charge in [-0.05, 0) is 6.07 Å². The number of H-pyrrole nitrogens is 1. The highest BCUT2D eigenvalue weighted by atomic mass is 19.4. The maximum Gasteiger partial charge on any atom is 0.422 e. The molecule has 0 saturated carbocycles. The van der Waals surface area contributed by atoms with E-state index in [0.29, 0.717) is 0 Å². The Kier molecular flexibility index (Phi) is 2.36. The van der Waals surface area contributed by atoms with Crippen LogP contribution in [0.3, 0.4) is 0 Å². The molecule has 0 aliphatic rings. The molecule has 13 heavy (non-hydrogen) atoms. The van der Waals surface area contributed by atoms with Gasteiger partial charge in [-0.3, -0.25) is 0 Å². The molecule has 0 spiro atoms. The minimum Gasteiger partial charge on any atom is -0.375 e. The molecule has 0 aliphatic carbocycles. The van der Waals surface area contributed by atoms with Gasteiger partial charge >= 0.3 is 6.18 Å². The third-order valence-electron chi connectivity index (χ3n) is 1.84. The first-order valence-electron chi connectivity index (χ1n) is 3.54. The van der Waals surface area contributed by atoms with Crippen LogP contribution in [0.15, 0.2) is 18.5 Å². The van der Waals surface area contributed by atoms with E-state index in [1.54, 1.807) is 0 Å². The monoisotopic (exact) mass is 194 g/mol. The third kappa shape index (κ3) is 1.54. The van der Waals surface area contributed by atoms with Gasteiger partial charge in [-0.1, -0.05) is 0 Å². The number of hydrogen-bond donors (Lipinski definition) is 3. The topological polar surface area (TPSA) is 62.0 Å². The summed E-state index contributed by atoms with van der Waals surface area (Å²) in [6, 6.07) is 1.14. The van der Waals surface area contributed by atoms with Gasteiger partial charge in [0, 0.05) is 24.5 Å². The van der Waals surface area contributed by atoms with Gasteiger partial charge in [-0.15, -0.1) is 0 Å². The standard InChI is InChI=1S/C7H9F3N2O/c8-7(9,10)6(13,4-11)5-1-2-12-3-5/h1-3,12-13H,4,11H2. The minimum atomic E-state index is -4.76. The fraction of sp³-hybridized carbons (Fsp3) is 0.429. The second kappa shape index (κ2) is 3.04. The van der Waals surface area contributed by atoms with Crippen molar-refractivity contribution in [1.82, 2.24) is 4.98 Å². The largest absolute Gasteiger partial charge is 0.422 e. The van der Waals surface area contributed by atoms with Crippen LogP contribution in [0, 0.1) is 0 Å². The zero-order chi connectivity index (χ0) is 10.1. The highest BCUT2D eigenvalue weighted by molar-refractivity contribution is 5.21. The molecule has 3 nitrogen and oxygen atoms in total. The smallest absolute Gasteiger partial charge is 0.375 e. The van der Waals surface area contributed by atoms with Crippen molar-refractivity contribution in [2.45, 2.75) is 11.8 Å². The summed E-state index contributed by atoms with van der Waals surface area (Å²) in [6.45, 7) is -0.894. The summed E-state index contributed by atoms with van der Waals surface area (Å²) < 4.78 is 37.0. The van der Waals surface area contributed by atoms with E-state index in [9.17, 15) is 18.3 Å². The van der Waals surface area contributed by atoms with Crippen LogP contribution >= 0.6 is 0 Å². The molecule has 0 radical (unpaired) electrons. The average molecular weight is 194 g/mol. The van der Waals surface area contributed by atoms with Gasteiger partial charge in [0.05, 0.1) is 0 Å². The Labute approximate surface area is 72.4 Å². The second-order valence-electron chi connectivity index (χ2n) is 2.66. The van der Waals surface area contributed by atoms with E-state index in [1.165, 1.54) is 6.20 Å². The molecule has 1 atom stereocenters. The second-order valence-corrected chi connectivity index (χ2v) is 2.66. The van der Waals surface area contributed by atoms with Crippen molar-refractivity contribution < 1.29 is 18.3 Å². The molecule has 0 aromatic carbocycles. The van der Waals surface area contributed by atoms with E-state index < -0.39 is 18.3 Å². The first-order valence-corrected chi connectivity index (χ1v) is 3.54. The van der Waals surface area contributed by atoms with Gasteiger partial charge in [0.15, 0.2) is 5.60 Å². The van der Waals surface area contributed by atoms with Gasteiger partial charge in [-0.25, -0.2) is 0 Å². The highest BCUT2D eigenvalue weighted by Crippen LogP contribution is 2.37. The normalized spacial score (nSPS) is 17.0. The summed E-state index contributed by atoms with van der Waals surface area (Å²) in [5.74, 6) is 0. The molecular weight excluding hydrogens is 185 g/mol. The Bertz CT molecular complexity index is 270. The number of nitrogens with one attached hydrogen (secondary N) is 1. The van der Waals surface area contributed by atoms with Crippen molar-refractivity contribution in [1.29, 1.82) is 0 Å². The molecule has 4 N–H and O–H groups in total. The lowest BCUT2D eigenvalue weighted by Gasteiger charge is -2.28. The maximum atomic E-state index is 12.3. The Balaban J connectivity index is 3.09. The van der Waals surface area contributed by atoms with Gasteiger partial charge in [-0.2, -0.15) is 13.2 Å². The molecule has 0 aliphatic heterocycles. The summed E-state index contributed by atoms with van der Waals surface area (Å²) in [7, 11) is 0. The molecule has 6 heteroatoms. The Morgan fingerprint density at radius 1 is 1.46 bits per heavy atom. The summed E-state index contributed by atoms with van der Waals surface area (Å²) in [4.78, 5) is 2.43. The van der Waals surface area contributed by atoms with Crippen molar-refractivity contribution in [3.63, 3.8) is 0 Å².